The summed E-state index contributed by atoms with van der Waals surface area (Å²) in [6.07, 6.45) is 0. The van der Waals surface area contributed by atoms with E-state index < -0.39 is 0 Å². The number of hydrogen-bond donors (Lipinski definition) is 1. The number of para-hydroxylation sites is 1. The van der Waals surface area contributed by atoms with Gasteiger partial charge in [0.2, 0.25) is 0 Å². The van der Waals surface area contributed by atoms with Crippen molar-refractivity contribution in [3.8, 4) is 5.75 Å². The lowest BCUT2D eigenvalue weighted by molar-refractivity contribution is 0.306. The number of benzene rings is 3. The SMILES string of the molecule is Clc1cccc(COc2c(Cl)cc(CNc3ccccc3)cc2Cl)c1. The van der Waals surface area contributed by atoms with Gasteiger partial charge in [-0.05, 0) is 47.5 Å². The Morgan fingerprint density at radius 2 is 1.48 bits per heavy atom. The number of nitrogens with one attached hydrogen (secondary N) is 1. The zero-order valence-electron chi connectivity index (χ0n) is 13.3. The molecule has 2 nitrogen and oxygen atoms in total. The third-order valence-corrected chi connectivity index (χ3v) is 4.40. The van der Waals surface area contributed by atoms with E-state index in [1.54, 1.807) is 0 Å². The van der Waals surface area contributed by atoms with Crippen LogP contribution in [0.5, 0.6) is 5.75 Å². The zero-order chi connectivity index (χ0) is 17.6. The third-order valence-electron chi connectivity index (χ3n) is 3.60. The molecule has 0 atom stereocenters. The molecule has 0 aliphatic carbocycles. The summed E-state index contributed by atoms with van der Waals surface area (Å²) >= 11 is 18.7. The van der Waals surface area contributed by atoms with Crippen molar-refractivity contribution in [3.05, 3.63) is 92.9 Å². The summed E-state index contributed by atoms with van der Waals surface area (Å²) in [5, 5.41) is 4.96. The Hall–Kier alpha value is -1.87. The molecule has 0 saturated carbocycles. The largest absolute Gasteiger partial charge is 0.486 e. The van der Waals surface area contributed by atoms with Crippen molar-refractivity contribution in [3.63, 3.8) is 0 Å². The Bertz CT molecular complexity index is 830. The predicted octanol–water partition coefficient (Wildman–Crippen LogP) is 6.84. The highest BCUT2D eigenvalue weighted by atomic mass is 35.5. The quantitative estimate of drug-likeness (QED) is 0.496. The van der Waals surface area contributed by atoms with Gasteiger partial charge < -0.3 is 10.1 Å². The lowest BCUT2D eigenvalue weighted by Crippen LogP contribution is -2.01. The Labute approximate surface area is 162 Å². The van der Waals surface area contributed by atoms with Crippen LogP contribution in [0.2, 0.25) is 15.1 Å². The average molecular weight is 393 g/mol. The summed E-state index contributed by atoms with van der Waals surface area (Å²) in [5.41, 5.74) is 2.97. The van der Waals surface area contributed by atoms with Crippen LogP contribution in [0.3, 0.4) is 0 Å². The van der Waals surface area contributed by atoms with E-state index in [1.165, 1.54) is 0 Å². The molecule has 3 aromatic carbocycles. The number of ether oxygens (including phenoxy) is 1. The summed E-state index contributed by atoms with van der Waals surface area (Å²) in [5.74, 6) is 0.478. The summed E-state index contributed by atoms with van der Waals surface area (Å²) in [4.78, 5) is 0. The molecule has 0 amide bonds. The van der Waals surface area contributed by atoms with Gasteiger partial charge >= 0.3 is 0 Å². The van der Waals surface area contributed by atoms with Gasteiger partial charge in [0.1, 0.15) is 6.61 Å². The fourth-order valence-corrected chi connectivity index (χ4v) is 3.25. The van der Waals surface area contributed by atoms with E-state index in [9.17, 15) is 0 Å². The van der Waals surface area contributed by atoms with Crippen molar-refractivity contribution >= 4 is 40.5 Å². The van der Waals surface area contributed by atoms with Crippen LogP contribution < -0.4 is 10.1 Å². The summed E-state index contributed by atoms with van der Waals surface area (Å²) in [7, 11) is 0. The van der Waals surface area contributed by atoms with Crippen LogP contribution in [0.25, 0.3) is 0 Å². The molecule has 5 heteroatoms. The van der Waals surface area contributed by atoms with E-state index in [0.29, 0.717) is 34.0 Å². The van der Waals surface area contributed by atoms with Crippen LogP contribution in [0, 0.1) is 0 Å². The van der Waals surface area contributed by atoms with Gasteiger partial charge in [-0.15, -0.1) is 0 Å². The van der Waals surface area contributed by atoms with Gasteiger partial charge in [-0.25, -0.2) is 0 Å². The predicted molar refractivity (Wildman–Crippen MR) is 106 cm³/mol. The number of anilines is 1. The number of rotatable bonds is 6. The average Bonchev–Trinajstić information content (AvgIpc) is 2.60. The van der Waals surface area contributed by atoms with Crippen molar-refractivity contribution < 1.29 is 4.74 Å². The minimum Gasteiger partial charge on any atom is -0.486 e. The molecule has 0 spiro atoms. The second-order valence-electron chi connectivity index (χ2n) is 5.53. The first kappa shape index (κ1) is 17.9. The van der Waals surface area contributed by atoms with Gasteiger partial charge in [0.25, 0.3) is 0 Å². The fraction of sp³-hybridized carbons (Fsp3) is 0.100. The maximum atomic E-state index is 6.35. The molecule has 3 aromatic rings. The third kappa shape index (κ3) is 5.05. The van der Waals surface area contributed by atoms with Crippen molar-refractivity contribution in [2.45, 2.75) is 13.2 Å². The van der Waals surface area contributed by atoms with Crippen LogP contribution >= 0.6 is 34.8 Å². The lowest BCUT2D eigenvalue weighted by atomic mass is 10.2. The first-order valence-corrected chi connectivity index (χ1v) is 8.89. The van der Waals surface area contributed by atoms with Gasteiger partial charge in [-0.2, -0.15) is 0 Å². The monoisotopic (exact) mass is 391 g/mol. The van der Waals surface area contributed by atoms with Gasteiger partial charge in [-0.1, -0.05) is 65.1 Å². The van der Waals surface area contributed by atoms with Crippen molar-refractivity contribution in [2.24, 2.45) is 0 Å². The Balaban J connectivity index is 1.67. The Morgan fingerprint density at radius 1 is 0.760 bits per heavy atom. The topological polar surface area (TPSA) is 21.3 Å². The minimum atomic E-state index is 0.349. The van der Waals surface area contributed by atoms with Crippen molar-refractivity contribution in [2.75, 3.05) is 5.32 Å². The summed E-state index contributed by atoms with van der Waals surface area (Å²) in [6.45, 7) is 0.972. The Kier molecular flexibility index (Phi) is 6.09. The molecular weight excluding hydrogens is 377 g/mol. The molecule has 1 N–H and O–H groups in total. The highest BCUT2D eigenvalue weighted by molar-refractivity contribution is 6.37. The van der Waals surface area contributed by atoms with Crippen molar-refractivity contribution in [1.82, 2.24) is 0 Å². The van der Waals surface area contributed by atoms with E-state index in [1.807, 2.05) is 66.7 Å². The second kappa shape index (κ2) is 8.48. The van der Waals surface area contributed by atoms with Gasteiger partial charge in [-0.3, -0.25) is 0 Å². The van der Waals surface area contributed by atoms with E-state index in [-0.39, 0.29) is 0 Å². The second-order valence-corrected chi connectivity index (χ2v) is 6.78. The summed E-state index contributed by atoms with van der Waals surface area (Å²) < 4.78 is 5.78. The first-order chi connectivity index (χ1) is 12.1. The summed E-state index contributed by atoms with van der Waals surface area (Å²) in [6, 6.07) is 21.1. The zero-order valence-corrected chi connectivity index (χ0v) is 15.6. The van der Waals surface area contributed by atoms with E-state index in [4.69, 9.17) is 39.5 Å². The van der Waals surface area contributed by atoms with E-state index in [2.05, 4.69) is 5.32 Å². The molecule has 25 heavy (non-hydrogen) atoms. The molecule has 3 rings (SSSR count). The van der Waals surface area contributed by atoms with Gasteiger partial charge in [0.15, 0.2) is 5.75 Å². The molecule has 0 aromatic heterocycles. The van der Waals surface area contributed by atoms with Crippen LogP contribution in [0.15, 0.2) is 66.7 Å². The van der Waals surface area contributed by atoms with Crippen LogP contribution in [0.4, 0.5) is 5.69 Å². The van der Waals surface area contributed by atoms with Crippen LogP contribution in [-0.2, 0) is 13.2 Å². The highest BCUT2D eigenvalue weighted by Crippen LogP contribution is 2.35. The molecule has 0 aliphatic rings. The molecule has 0 bridgehead atoms. The van der Waals surface area contributed by atoms with E-state index >= 15 is 0 Å². The molecule has 0 heterocycles. The molecule has 0 unspecified atom stereocenters. The first-order valence-electron chi connectivity index (χ1n) is 7.76. The van der Waals surface area contributed by atoms with E-state index in [0.717, 1.165) is 16.8 Å². The van der Waals surface area contributed by atoms with Crippen LogP contribution in [0.1, 0.15) is 11.1 Å². The number of halogens is 3. The standard InChI is InChI=1S/C20H16Cl3NO/c21-16-6-4-5-14(9-16)13-25-20-18(22)10-15(11-19(20)23)12-24-17-7-2-1-3-8-17/h1-11,24H,12-13H2. The molecule has 128 valence electrons. The molecular formula is C20H16Cl3NO. The Morgan fingerprint density at radius 3 is 2.16 bits per heavy atom. The molecule has 0 radical (unpaired) electrons. The smallest absolute Gasteiger partial charge is 0.156 e. The van der Waals surface area contributed by atoms with Gasteiger partial charge in [0.05, 0.1) is 10.0 Å². The highest BCUT2D eigenvalue weighted by Gasteiger charge is 2.10. The maximum Gasteiger partial charge on any atom is 0.156 e. The van der Waals surface area contributed by atoms with Gasteiger partial charge in [0, 0.05) is 17.3 Å². The maximum absolute atomic E-state index is 6.35. The molecule has 0 saturated heterocycles. The molecule has 0 aliphatic heterocycles. The number of hydrogen-bond acceptors (Lipinski definition) is 2. The minimum absolute atomic E-state index is 0.349. The normalized spacial score (nSPS) is 10.5. The molecule has 0 fully saturated rings. The van der Waals surface area contributed by atoms with Crippen molar-refractivity contribution in [1.29, 1.82) is 0 Å². The lowest BCUT2D eigenvalue weighted by Gasteiger charge is -2.13. The van der Waals surface area contributed by atoms with Crippen LogP contribution in [-0.4, -0.2) is 0 Å². The fourth-order valence-electron chi connectivity index (χ4n) is 2.39.